The number of furan rings is 1. The molecular weight excluding hydrogens is 268 g/mol. The first-order valence-electron chi connectivity index (χ1n) is 6.59. The van der Waals surface area contributed by atoms with E-state index in [2.05, 4.69) is 20.5 Å². The fourth-order valence-electron chi connectivity index (χ4n) is 1.82. The summed E-state index contributed by atoms with van der Waals surface area (Å²) in [5.41, 5.74) is 4.39. The molecule has 106 valence electrons. The number of benzene rings is 1. The zero-order valence-electron chi connectivity index (χ0n) is 11.5. The summed E-state index contributed by atoms with van der Waals surface area (Å²) in [7, 11) is 0. The molecule has 2 heterocycles. The summed E-state index contributed by atoms with van der Waals surface area (Å²) in [6, 6.07) is 11.2. The van der Waals surface area contributed by atoms with Crippen molar-refractivity contribution in [2.24, 2.45) is 5.10 Å². The second-order valence-corrected chi connectivity index (χ2v) is 4.18. The lowest BCUT2D eigenvalue weighted by Crippen LogP contribution is -2.03. The van der Waals surface area contributed by atoms with Gasteiger partial charge in [0, 0.05) is 0 Å². The topological polar surface area (TPSA) is 72.5 Å². The Morgan fingerprint density at radius 2 is 2.00 bits per heavy atom. The van der Waals surface area contributed by atoms with E-state index in [0.29, 0.717) is 24.1 Å². The third kappa shape index (κ3) is 3.00. The van der Waals surface area contributed by atoms with Gasteiger partial charge in [-0.25, -0.2) is 9.97 Å². The van der Waals surface area contributed by atoms with Crippen LogP contribution in [0.5, 0.6) is 5.88 Å². The van der Waals surface area contributed by atoms with Gasteiger partial charge in [-0.15, -0.1) is 0 Å². The highest BCUT2D eigenvalue weighted by atomic mass is 16.5. The molecule has 0 saturated carbocycles. The Labute approximate surface area is 121 Å². The maximum absolute atomic E-state index is 5.50. The Morgan fingerprint density at radius 3 is 2.71 bits per heavy atom. The summed E-state index contributed by atoms with van der Waals surface area (Å²) in [5, 5.41) is 4.08. The number of para-hydroxylation sites is 2. The van der Waals surface area contributed by atoms with Crippen molar-refractivity contribution in [3.63, 3.8) is 0 Å². The Morgan fingerprint density at radius 1 is 1.19 bits per heavy atom. The lowest BCUT2D eigenvalue weighted by atomic mass is 10.3. The van der Waals surface area contributed by atoms with Gasteiger partial charge in [0.1, 0.15) is 5.76 Å². The van der Waals surface area contributed by atoms with E-state index >= 15 is 0 Å². The molecule has 0 bridgehead atoms. The molecule has 0 aliphatic carbocycles. The smallest absolute Gasteiger partial charge is 0.259 e. The predicted octanol–water partition coefficient (Wildman–Crippen LogP) is 3.07. The predicted molar refractivity (Wildman–Crippen MR) is 80.6 cm³/mol. The molecule has 0 aliphatic rings. The molecule has 0 radical (unpaired) electrons. The van der Waals surface area contributed by atoms with E-state index in [1.54, 1.807) is 24.6 Å². The molecule has 0 unspecified atom stereocenters. The van der Waals surface area contributed by atoms with E-state index in [9.17, 15) is 0 Å². The van der Waals surface area contributed by atoms with Crippen LogP contribution in [0.1, 0.15) is 12.7 Å². The fourth-order valence-corrected chi connectivity index (χ4v) is 1.82. The Balaban J connectivity index is 1.89. The van der Waals surface area contributed by atoms with Crippen molar-refractivity contribution >= 4 is 23.1 Å². The van der Waals surface area contributed by atoms with Gasteiger partial charge in [-0.1, -0.05) is 12.1 Å². The maximum atomic E-state index is 5.50. The summed E-state index contributed by atoms with van der Waals surface area (Å²) >= 11 is 0. The Bertz CT molecular complexity index is 753. The standard InChI is InChI=1S/C15H14N4O2/c1-2-20-15-14(19-16-10-11-6-5-9-21-11)17-12-7-3-4-8-13(12)18-15/h3-10H,2H2,1H3,(H,17,19). The number of rotatable bonds is 5. The maximum Gasteiger partial charge on any atom is 0.259 e. The van der Waals surface area contributed by atoms with Crippen molar-refractivity contribution in [1.82, 2.24) is 9.97 Å². The molecule has 0 saturated heterocycles. The number of hydrogen-bond donors (Lipinski definition) is 1. The number of nitrogens with zero attached hydrogens (tertiary/aromatic N) is 3. The molecule has 6 nitrogen and oxygen atoms in total. The Kier molecular flexibility index (Phi) is 3.77. The van der Waals surface area contributed by atoms with Crippen molar-refractivity contribution in [3.05, 3.63) is 48.4 Å². The minimum absolute atomic E-state index is 0.424. The van der Waals surface area contributed by atoms with E-state index in [-0.39, 0.29) is 0 Å². The van der Waals surface area contributed by atoms with Gasteiger partial charge in [0.05, 0.1) is 30.1 Å². The second kappa shape index (κ2) is 6.04. The molecule has 1 aromatic carbocycles. The Hall–Kier alpha value is -2.89. The molecule has 0 atom stereocenters. The summed E-state index contributed by atoms with van der Waals surface area (Å²) in [6.07, 6.45) is 3.15. The zero-order valence-corrected chi connectivity index (χ0v) is 11.5. The van der Waals surface area contributed by atoms with Crippen LogP contribution in [0.2, 0.25) is 0 Å². The number of aromatic nitrogens is 2. The van der Waals surface area contributed by atoms with Crippen LogP contribution in [0.25, 0.3) is 11.0 Å². The number of hydrogen-bond acceptors (Lipinski definition) is 6. The number of ether oxygens (including phenoxy) is 1. The van der Waals surface area contributed by atoms with Gasteiger partial charge in [-0.2, -0.15) is 5.10 Å². The van der Waals surface area contributed by atoms with Crippen molar-refractivity contribution in [2.45, 2.75) is 6.92 Å². The summed E-state index contributed by atoms with van der Waals surface area (Å²) in [6.45, 7) is 2.40. The highest BCUT2D eigenvalue weighted by Gasteiger charge is 2.08. The minimum atomic E-state index is 0.424. The van der Waals surface area contributed by atoms with Crippen molar-refractivity contribution in [2.75, 3.05) is 12.0 Å². The van der Waals surface area contributed by atoms with E-state index in [1.165, 1.54) is 0 Å². The first kappa shape index (κ1) is 13.1. The van der Waals surface area contributed by atoms with Gasteiger partial charge >= 0.3 is 0 Å². The van der Waals surface area contributed by atoms with Crippen LogP contribution >= 0.6 is 0 Å². The SMILES string of the molecule is CCOc1nc2ccccc2nc1NN=Cc1ccco1. The molecule has 3 rings (SSSR count). The molecule has 3 aromatic rings. The molecule has 0 amide bonds. The minimum Gasteiger partial charge on any atom is -0.475 e. The van der Waals surface area contributed by atoms with Crippen LogP contribution in [0, 0.1) is 0 Å². The van der Waals surface area contributed by atoms with Crippen LogP contribution in [-0.2, 0) is 0 Å². The highest BCUT2D eigenvalue weighted by Crippen LogP contribution is 2.23. The van der Waals surface area contributed by atoms with E-state index in [0.717, 1.165) is 11.0 Å². The molecular formula is C15H14N4O2. The van der Waals surface area contributed by atoms with Gasteiger partial charge in [0.2, 0.25) is 5.82 Å². The molecule has 2 aromatic heterocycles. The fraction of sp³-hybridized carbons (Fsp3) is 0.133. The average molecular weight is 282 g/mol. The molecule has 6 heteroatoms. The lowest BCUT2D eigenvalue weighted by molar-refractivity contribution is 0.328. The van der Waals surface area contributed by atoms with Gasteiger partial charge in [0.25, 0.3) is 5.88 Å². The van der Waals surface area contributed by atoms with Crippen LogP contribution in [-0.4, -0.2) is 22.8 Å². The molecule has 0 fully saturated rings. The summed E-state index contributed by atoms with van der Waals surface area (Å²) in [4.78, 5) is 8.91. The van der Waals surface area contributed by atoms with Crippen molar-refractivity contribution in [1.29, 1.82) is 0 Å². The van der Waals surface area contributed by atoms with Crippen LogP contribution in [0.3, 0.4) is 0 Å². The molecule has 21 heavy (non-hydrogen) atoms. The summed E-state index contributed by atoms with van der Waals surface area (Å²) < 4.78 is 10.7. The second-order valence-electron chi connectivity index (χ2n) is 4.18. The number of fused-ring (bicyclic) bond motifs is 1. The first-order chi connectivity index (χ1) is 10.4. The molecule has 1 N–H and O–H groups in total. The quantitative estimate of drug-likeness (QED) is 0.575. The first-order valence-corrected chi connectivity index (χ1v) is 6.59. The number of hydrazone groups is 1. The monoisotopic (exact) mass is 282 g/mol. The van der Waals surface area contributed by atoms with Gasteiger partial charge in [0.15, 0.2) is 0 Å². The lowest BCUT2D eigenvalue weighted by Gasteiger charge is -2.08. The number of nitrogens with one attached hydrogen (secondary N) is 1. The van der Waals surface area contributed by atoms with Crippen molar-refractivity contribution in [3.8, 4) is 5.88 Å². The van der Waals surface area contributed by atoms with Gasteiger partial charge in [-0.3, -0.25) is 5.43 Å². The molecule has 0 spiro atoms. The van der Waals surface area contributed by atoms with Gasteiger partial charge < -0.3 is 9.15 Å². The van der Waals surface area contributed by atoms with Crippen molar-refractivity contribution < 1.29 is 9.15 Å². The highest BCUT2D eigenvalue weighted by molar-refractivity contribution is 5.79. The summed E-state index contributed by atoms with van der Waals surface area (Å²) in [5.74, 6) is 1.54. The van der Waals surface area contributed by atoms with E-state index in [4.69, 9.17) is 9.15 Å². The zero-order chi connectivity index (χ0) is 14.5. The third-order valence-corrected chi connectivity index (χ3v) is 2.73. The van der Waals surface area contributed by atoms with Gasteiger partial charge in [-0.05, 0) is 31.2 Å². The van der Waals surface area contributed by atoms with Crippen LogP contribution < -0.4 is 10.2 Å². The number of anilines is 1. The van der Waals surface area contributed by atoms with Crippen LogP contribution in [0.15, 0.2) is 52.2 Å². The van der Waals surface area contributed by atoms with E-state index in [1.807, 2.05) is 31.2 Å². The third-order valence-electron chi connectivity index (χ3n) is 2.73. The van der Waals surface area contributed by atoms with E-state index < -0.39 is 0 Å². The molecule has 0 aliphatic heterocycles. The van der Waals surface area contributed by atoms with Crippen LogP contribution in [0.4, 0.5) is 5.82 Å². The average Bonchev–Trinajstić information content (AvgIpc) is 3.01. The normalized spacial score (nSPS) is 11.1. The largest absolute Gasteiger partial charge is 0.475 e.